The van der Waals surface area contributed by atoms with Gasteiger partial charge in [-0.2, -0.15) is 10.5 Å². The van der Waals surface area contributed by atoms with Gasteiger partial charge in [-0.05, 0) is 65.9 Å². The molecule has 0 saturated heterocycles. The number of guanidine groups is 1. The molecule has 54 heavy (non-hydrogen) atoms. The Morgan fingerprint density at radius 3 is 2.39 bits per heavy atom. The molecule has 2 N–H and O–H groups in total. The minimum atomic E-state index is -0.800. The van der Waals surface area contributed by atoms with E-state index in [2.05, 4.69) is 37.7 Å². The quantitative estimate of drug-likeness (QED) is 0.0990. The Morgan fingerprint density at radius 1 is 0.981 bits per heavy atom. The lowest BCUT2D eigenvalue weighted by Crippen LogP contribution is -2.48. The van der Waals surface area contributed by atoms with Gasteiger partial charge in [0.2, 0.25) is 11.9 Å². The number of aromatic nitrogens is 4. The van der Waals surface area contributed by atoms with E-state index >= 15 is 0 Å². The fraction of sp³-hybridized carbons (Fsp3) is 0.250. The fourth-order valence-corrected chi connectivity index (χ4v) is 7.98. The molecule has 0 aliphatic carbocycles. The molecule has 1 aliphatic rings. The number of fused-ring (bicyclic) bond motifs is 2. The summed E-state index contributed by atoms with van der Waals surface area (Å²) in [6.07, 6.45) is 6.28. The van der Waals surface area contributed by atoms with Gasteiger partial charge in [0.05, 0.1) is 50.7 Å². The van der Waals surface area contributed by atoms with Gasteiger partial charge < -0.3 is 15.4 Å². The van der Waals surface area contributed by atoms with Gasteiger partial charge in [0.1, 0.15) is 22.7 Å². The minimum Gasteiger partial charge on any atom is -0.425 e. The van der Waals surface area contributed by atoms with Crippen LogP contribution in [-0.2, 0) is 11.2 Å². The lowest BCUT2D eigenvalue weighted by Gasteiger charge is -2.32. The fourth-order valence-electron chi connectivity index (χ4n) is 5.93. The molecule has 3 unspecified atom stereocenters. The molecule has 270 valence electrons. The van der Waals surface area contributed by atoms with Crippen LogP contribution in [-0.4, -0.2) is 50.5 Å². The van der Waals surface area contributed by atoms with Gasteiger partial charge in [-0.1, -0.05) is 68.5 Å². The largest absolute Gasteiger partial charge is 0.425 e. The highest BCUT2D eigenvalue weighted by atomic mass is 32.1. The molecule has 3 aromatic heterocycles. The van der Waals surface area contributed by atoms with Crippen molar-refractivity contribution in [3.8, 4) is 17.9 Å². The summed E-state index contributed by atoms with van der Waals surface area (Å²) in [4.78, 5) is 38.9. The highest BCUT2D eigenvalue weighted by molar-refractivity contribution is 7.22. The lowest BCUT2D eigenvalue weighted by atomic mass is 9.87. The van der Waals surface area contributed by atoms with Crippen LogP contribution in [0.2, 0.25) is 0 Å². The summed E-state index contributed by atoms with van der Waals surface area (Å²) in [6.45, 7) is 6.27. The molecule has 6 aromatic rings. The first-order valence-electron chi connectivity index (χ1n) is 17.3. The van der Waals surface area contributed by atoms with Gasteiger partial charge >= 0.3 is 5.97 Å². The summed E-state index contributed by atoms with van der Waals surface area (Å²) in [7, 11) is 0. The number of esters is 1. The van der Waals surface area contributed by atoms with Gasteiger partial charge in [-0.15, -0.1) is 11.3 Å². The van der Waals surface area contributed by atoms with Gasteiger partial charge in [-0.3, -0.25) is 9.89 Å². The molecule has 3 atom stereocenters. The number of carbonyl (C=O) groups excluding carboxylic acids is 1. The minimum absolute atomic E-state index is 0.189. The molecule has 0 spiro atoms. The summed E-state index contributed by atoms with van der Waals surface area (Å²) >= 11 is 3.02. The van der Waals surface area contributed by atoms with Crippen LogP contribution in [0, 0.1) is 28.1 Å². The molecule has 12 nitrogen and oxygen atoms in total. The molecule has 4 heterocycles. The first kappa shape index (κ1) is 36.2. The van der Waals surface area contributed by atoms with Gasteiger partial charge in [0.25, 0.3) is 0 Å². The number of aliphatic imine (C=N–C) groups is 1. The molecule has 7 rings (SSSR count). The highest BCUT2D eigenvalue weighted by Gasteiger charge is 2.34. The van der Waals surface area contributed by atoms with Crippen LogP contribution in [0.25, 0.3) is 20.4 Å². The molecule has 0 radical (unpaired) electrons. The van der Waals surface area contributed by atoms with Gasteiger partial charge in [0.15, 0.2) is 5.13 Å². The average Bonchev–Trinajstić information content (AvgIpc) is 3.79. The second-order valence-corrected chi connectivity index (χ2v) is 15.7. The molecule has 0 saturated carbocycles. The monoisotopic (exact) mass is 752 g/mol. The highest BCUT2D eigenvalue weighted by Crippen LogP contribution is 2.33. The third-order valence-electron chi connectivity index (χ3n) is 8.72. The number of rotatable bonds is 11. The smallest absolute Gasteiger partial charge is 0.334 e. The Hall–Kier alpha value is -6.22. The second kappa shape index (κ2) is 15.8. The zero-order valence-electron chi connectivity index (χ0n) is 29.8. The summed E-state index contributed by atoms with van der Waals surface area (Å²) < 4.78 is 7.91. The van der Waals surface area contributed by atoms with Crippen molar-refractivity contribution in [3.63, 3.8) is 0 Å². The molecule has 14 heteroatoms. The number of para-hydroxylation sites is 2. The number of hydrogen-bond acceptors (Lipinski definition) is 12. The second-order valence-electron chi connectivity index (χ2n) is 13.6. The maximum Gasteiger partial charge on any atom is 0.334 e. The third kappa shape index (κ3) is 8.05. The summed E-state index contributed by atoms with van der Waals surface area (Å²) in [5.41, 5.74) is 2.67. The number of nitrogens with zero attached hydrogens (tertiary/aromatic N) is 8. The molecular formula is C40H36N10O2S2. The third-order valence-corrected chi connectivity index (χ3v) is 10.9. The zero-order chi connectivity index (χ0) is 37.7. The molecule has 1 aliphatic heterocycles. The van der Waals surface area contributed by atoms with Crippen molar-refractivity contribution in [1.82, 2.24) is 25.3 Å². The van der Waals surface area contributed by atoms with E-state index < -0.39 is 23.3 Å². The van der Waals surface area contributed by atoms with Crippen LogP contribution in [0.3, 0.4) is 0 Å². The number of benzene rings is 3. The van der Waals surface area contributed by atoms with E-state index in [4.69, 9.17) is 14.7 Å². The number of nitriles is 2. The van der Waals surface area contributed by atoms with Crippen molar-refractivity contribution in [2.45, 2.75) is 51.6 Å². The van der Waals surface area contributed by atoms with E-state index in [1.165, 1.54) is 11.3 Å². The maximum absolute atomic E-state index is 13.6. The number of ether oxygens (including phenoxy) is 1. The standard InChI is InChI=1S/C40H36N10O2S2/c1-40(2,3)34(49-37-43-23-19-29(47-37)28(24-42)35-46-30-8-4-6-10-32(30)53-35)36(51)52-27-14-12-25(13-15-27)17-21-44-38-45-22-18-26(16-20-41)50(38)39-48-31-9-5-7-11-33(31)54-39/h4-15,18-19,22-23,26,28,34H,16-17,21H2,1-3H3,(H,44,45)(H,43,47,49). The van der Waals surface area contributed by atoms with E-state index in [-0.39, 0.29) is 12.0 Å². The maximum atomic E-state index is 13.6. The van der Waals surface area contributed by atoms with Crippen molar-refractivity contribution in [3.05, 3.63) is 114 Å². The number of carbonyl (C=O) groups is 1. The topological polar surface area (TPSA) is 165 Å². The van der Waals surface area contributed by atoms with E-state index in [0.717, 1.165) is 31.1 Å². The summed E-state index contributed by atoms with van der Waals surface area (Å²) in [5, 5.41) is 27.4. The number of hydrogen-bond donors (Lipinski definition) is 2. The van der Waals surface area contributed by atoms with Gasteiger partial charge in [-0.25, -0.2) is 24.7 Å². The first-order valence-corrected chi connectivity index (χ1v) is 19.0. The lowest BCUT2D eigenvalue weighted by molar-refractivity contribution is -0.137. The normalized spacial score (nSPS) is 16.1. The van der Waals surface area contributed by atoms with E-state index in [1.807, 2.05) is 98.6 Å². The van der Waals surface area contributed by atoms with Gasteiger partial charge in [0, 0.05) is 18.9 Å². The van der Waals surface area contributed by atoms with E-state index in [0.29, 0.717) is 41.8 Å². The Kier molecular flexibility index (Phi) is 10.6. The predicted molar refractivity (Wildman–Crippen MR) is 212 cm³/mol. The molecular weight excluding hydrogens is 717 g/mol. The molecule has 0 amide bonds. The van der Waals surface area contributed by atoms with Crippen LogP contribution in [0.4, 0.5) is 11.1 Å². The van der Waals surface area contributed by atoms with Crippen LogP contribution in [0.5, 0.6) is 5.75 Å². The van der Waals surface area contributed by atoms with Crippen molar-refractivity contribution < 1.29 is 9.53 Å². The van der Waals surface area contributed by atoms with Crippen molar-refractivity contribution in [1.29, 1.82) is 10.5 Å². The summed E-state index contributed by atoms with van der Waals surface area (Å²) in [6, 6.07) is 28.4. The Balaban J connectivity index is 1.01. The number of anilines is 2. The van der Waals surface area contributed by atoms with Crippen LogP contribution < -0.4 is 20.3 Å². The Bertz CT molecular complexity index is 2370. The van der Waals surface area contributed by atoms with Crippen LogP contribution in [0.15, 0.2) is 102 Å². The Morgan fingerprint density at radius 2 is 1.70 bits per heavy atom. The van der Waals surface area contributed by atoms with Crippen molar-refractivity contribution in [2.75, 3.05) is 16.8 Å². The van der Waals surface area contributed by atoms with Crippen LogP contribution in [0.1, 0.15) is 49.4 Å². The SMILES string of the molecule is CC(C)(C)C(Nc1nccc(C(C#N)c2nc3ccccc3s2)n1)C(=O)Oc1ccc(CCN=C2NC=CC(CC#N)N2c2nc3ccccc3s2)cc1. The van der Waals surface area contributed by atoms with E-state index in [9.17, 15) is 15.3 Å². The average molecular weight is 753 g/mol. The first-order chi connectivity index (χ1) is 26.2. The molecule has 0 fully saturated rings. The summed E-state index contributed by atoms with van der Waals surface area (Å²) in [5.74, 6) is 0.0759. The van der Waals surface area contributed by atoms with Crippen molar-refractivity contribution >= 4 is 66.1 Å². The zero-order valence-corrected chi connectivity index (χ0v) is 31.4. The van der Waals surface area contributed by atoms with Crippen molar-refractivity contribution in [2.24, 2.45) is 10.4 Å². The number of thiazole rings is 2. The number of nitrogens with one attached hydrogen (secondary N) is 2. The van der Waals surface area contributed by atoms with Crippen LogP contribution >= 0.6 is 22.7 Å². The van der Waals surface area contributed by atoms with E-state index in [1.54, 1.807) is 35.7 Å². The Labute approximate surface area is 320 Å². The molecule has 0 bridgehead atoms. The molecule has 3 aromatic carbocycles. The predicted octanol–water partition coefficient (Wildman–Crippen LogP) is 7.59.